The fraction of sp³-hybridized carbons (Fsp3) is 0.250. The smallest absolute Gasteiger partial charge is 0.252 e. The molecule has 1 aromatic heterocycles. The number of benzene rings is 1. The summed E-state index contributed by atoms with van der Waals surface area (Å²) >= 11 is 1.42. The third kappa shape index (κ3) is 6.07. The highest BCUT2D eigenvalue weighted by atomic mass is 32.1. The molecule has 0 fully saturated rings. The zero-order chi connectivity index (χ0) is 16.5. The van der Waals surface area contributed by atoms with Crippen molar-refractivity contribution in [3.63, 3.8) is 0 Å². The number of carbonyl (C=O) groups is 2. The lowest BCUT2D eigenvalue weighted by Crippen LogP contribution is -2.37. The predicted molar refractivity (Wildman–Crippen MR) is 86.2 cm³/mol. The van der Waals surface area contributed by atoms with Crippen molar-refractivity contribution in [2.45, 2.75) is 6.42 Å². The number of carbonyl (C=O) groups excluding carboxylic acids is 2. The Morgan fingerprint density at radius 1 is 1.13 bits per heavy atom. The highest BCUT2D eigenvalue weighted by molar-refractivity contribution is 7.08. The summed E-state index contributed by atoms with van der Waals surface area (Å²) in [5.74, 6) is -0.244. The normalized spacial score (nSPS) is 10.1. The summed E-state index contributed by atoms with van der Waals surface area (Å²) in [5.41, 5.74) is 0.551. The van der Waals surface area contributed by atoms with Gasteiger partial charge in [0.25, 0.3) is 5.91 Å². The van der Waals surface area contributed by atoms with Crippen molar-refractivity contribution in [1.29, 1.82) is 0 Å². The zero-order valence-electron chi connectivity index (χ0n) is 12.4. The lowest BCUT2D eigenvalue weighted by Gasteiger charge is -2.08. The number of rotatable bonds is 8. The number of thiophene rings is 1. The van der Waals surface area contributed by atoms with E-state index in [1.807, 2.05) is 0 Å². The molecule has 0 atom stereocenters. The first-order valence-electron chi connectivity index (χ1n) is 7.10. The molecule has 0 bridgehead atoms. The molecule has 0 aliphatic carbocycles. The third-order valence-corrected chi connectivity index (χ3v) is 3.60. The molecule has 1 aromatic carbocycles. The second-order valence-electron chi connectivity index (χ2n) is 4.70. The van der Waals surface area contributed by atoms with Crippen LogP contribution in [0.4, 0.5) is 4.39 Å². The van der Waals surface area contributed by atoms with E-state index in [-0.39, 0.29) is 24.2 Å². The second-order valence-corrected chi connectivity index (χ2v) is 5.48. The first kappa shape index (κ1) is 17.0. The van der Waals surface area contributed by atoms with Crippen molar-refractivity contribution in [2.75, 3.05) is 19.7 Å². The van der Waals surface area contributed by atoms with Crippen molar-refractivity contribution in [1.82, 2.24) is 10.6 Å². The predicted octanol–water partition coefficient (Wildman–Crippen LogP) is 2.20. The van der Waals surface area contributed by atoms with Gasteiger partial charge in [-0.25, -0.2) is 4.39 Å². The Kier molecular flexibility index (Phi) is 6.56. The molecule has 0 spiro atoms. The molecule has 0 unspecified atom stereocenters. The molecule has 0 radical (unpaired) electrons. The van der Waals surface area contributed by atoms with Gasteiger partial charge in [-0.2, -0.15) is 11.3 Å². The van der Waals surface area contributed by atoms with Gasteiger partial charge < -0.3 is 15.4 Å². The van der Waals surface area contributed by atoms with Gasteiger partial charge in [0.05, 0.1) is 13.2 Å². The minimum atomic E-state index is -0.311. The van der Waals surface area contributed by atoms with E-state index < -0.39 is 0 Å². The van der Waals surface area contributed by atoms with Gasteiger partial charge in [-0.15, -0.1) is 0 Å². The number of amides is 2. The standard InChI is InChI=1S/C16H17FN2O3S/c17-13-2-4-14(5-3-13)22-8-1-7-18-15(20)10-19-16(21)12-6-9-23-11-12/h2-6,9,11H,1,7-8,10H2,(H,18,20)(H,19,21). The Balaban J connectivity index is 1.54. The Hall–Kier alpha value is -2.41. The van der Waals surface area contributed by atoms with E-state index in [4.69, 9.17) is 4.74 Å². The van der Waals surface area contributed by atoms with Crippen molar-refractivity contribution in [3.8, 4) is 5.75 Å². The molecular formula is C16H17FN2O3S. The maximum absolute atomic E-state index is 12.7. The second kappa shape index (κ2) is 8.89. The summed E-state index contributed by atoms with van der Waals surface area (Å²) in [6, 6.07) is 7.45. The van der Waals surface area contributed by atoms with Gasteiger partial charge in [0.1, 0.15) is 11.6 Å². The zero-order valence-corrected chi connectivity index (χ0v) is 13.2. The van der Waals surface area contributed by atoms with Crippen LogP contribution < -0.4 is 15.4 Å². The molecule has 1 heterocycles. The van der Waals surface area contributed by atoms with E-state index >= 15 is 0 Å². The Morgan fingerprint density at radius 3 is 2.61 bits per heavy atom. The third-order valence-electron chi connectivity index (χ3n) is 2.92. The Morgan fingerprint density at radius 2 is 1.91 bits per heavy atom. The molecule has 0 saturated heterocycles. The maximum atomic E-state index is 12.7. The van der Waals surface area contributed by atoms with E-state index in [9.17, 15) is 14.0 Å². The van der Waals surface area contributed by atoms with Crippen LogP contribution in [0.15, 0.2) is 41.1 Å². The molecule has 2 N–H and O–H groups in total. The van der Waals surface area contributed by atoms with Gasteiger partial charge in [-0.05, 0) is 42.1 Å². The van der Waals surface area contributed by atoms with E-state index in [1.54, 1.807) is 29.0 Å². The summed E-state index contributed by atoms with van der Waals surface area (Å²) in [6.45, 7) is 0.787. The average molecular weight is 336 g/mol. The minimum absolute atomic E-state index is 0.0620. The summed E-state index contributed by atoms with van der Waals surface area (Å²) < 4.78 is 18.1. The van der Waals surface area contributed by atoms with Crippen LogP contribution in [0.2, 0.25) is 0 Å². The summed E-state index contributed by atoms with van der Waals surface area (Å²) in [4.78, 5) is 23.2. The average Bonchev–Trinajstić information content (AvgIpc) is 3.08. The molecule has 23 heavy (non-hydrogen) atoms. The van der Waals surface area contributed by atoms with Crippen molar-refractivity contribution >= 4 is 23.2 Å². The van der Waals surface area contributed by atoms with Crippen LogP contribution in [0.5, 0.6) is 5.75 Å². The molecule has 0 aliphatic rings. The van der Waals surface area contributed by atoms with Gasteiger partial charge in [0, 0.05) is 17.5 Å². The highest BCUT2D eigenvalue weighted by Gasteiger charge is 2.07. The van der Waals surface area contributed by atoms with Crippen LogP contribution in [0.3, 0.4) is 0 Å². The van der Waals surface area contributed by atoms with E-state index in [0.29, 0.717) is 30.9 Å². The first-order chi connectivity index (χ1) is 11.1. The van der Waals surface area contributed by atoms with Crippen molar-refractivity contribution < 1.29 is 18.7 Å². The van der Waals surface area contributed by atoms with Crippen LogP contribution in [0, 0.1) is 5.82 Å². The lowest BCUT2D eigenvalue weighted by molar-refractivity contribution is -0.120. The van der Waals surface area contributed by atoms with Gasteiger partial charge >= 0.3 is 0 Å². The lowest BCUT2D eigenvalue weighted by atomic mass is 10.3. The molecule has 0 saturated carbocycles. The van der Waals surface area contributed by atoms with E-state index in [1.165, 1.54) is 23.5 Å². The fourth-order valence-electron chi connectivity index (χ4n) is 1.74. The van der Waals surface area contributed by atoms with Crippen LogP contribution >= 0.6 is 11.3 Å². The van der Waals surface area contributed by atoms with Crippen molar-refractivity contribution in [2.24, 2.45) is 0 Å². The number of halogens is 1. The Bertz CT molecular complexity index is 629. The van der Waals surface area contributed by atoms with Crippen LogP contribution in [0.1, 0.15) is 16.8 Å². The molecule has 0 aliphatic heterocycles. The number of nitrogens with one attached hydrogen (secondary N) is 2. The maximum Gasteiger partial charge on any atom is 0.252 e. The Labute approximate surface area is 137 Å². The van der Waals surface area contributed by atoms with Crippen molar-refractivity contribution in [3.05, 3.63) is 52.5 Å². The summed E-state index contributed by atoms with van der Waals surface area (Å²) in [6.07, 6.45) is 0.613. The molecule has 122 valence electrons. The van der Waals surface area contributed by atoms with Gasteiger partial charge in [-0.3, -0.25) is 9.59 Å². The monoisotopic (exact) mass is 336 g/mol. The molecule has 2 rings (SSSR count). The first-order valence-corrected chi connectivity index (χ1v) is 8.05. The number of hydrogen-bond acceptors (Lipinski definition) is 4. The van der Waals surface area contributed by atoms with Crippen LogP contribution in [0.25, 0.3) is 0 Å². The van der Waals surface area contributed by atoms with E-state index in [2.05, 4.69) is 10.6 Å². The summed E-state index contributed by atoms with van der Waals surface area (Å²) in [5, 5.41) is 8.76. The van der Waals surface area contributed by atoms with E-state index in [0.717, 1.165) is 0 Å². The molecule has 7 heteroatoms. The van der Waals surface area contributed by atoms with Gasteiger partial charge in [0.2, 0.25) is 5.91 Å². The van der Waals surface area contributed by atoms with Gasteiger partial charge in [-0.1, -0.05) is 0 Å². The molecule has 2 amide bonds. The quantitative estimate of drug-likeness (QED) is 0.726. The molecular weight excluding hydrogens is 319 g/mol. The largest absolute Gasteiger partial charge is 0.494 e. The minimum Gasteiger partial charge on any atom is -0.494 e. The number of hydrogen-bond donors (Lipinski definition) is 2. The van der Waals surface area contributed by atoms with Crippen LogP contribution in [-0.2, 0) is 4.79 Å². The fourth-order valence-corrected chi connectivity index (χ4v) is 2.38. The van der Waals surface area contributed by atoms with Crippen LogP contribution in [-0.4, -0.2) is 31.5 Å². The molecule has 5 nitrogen and oxygen atoms in total. The molecule has 2 aromatic rings. The number of ether oxygens (including phenoxy) is 1. The summed E-state index contributed by atoms with van der Waals surface area (Å²) in [7, 11) is 0. The highest BCUT2D eigenvalue weighted by Crippen LogP contribution is 2.10. The SMILES string of the molecule is O=C(CNC(=O)c1ccsc1)NCCCOc1ccc(F)cc1. The van der Waals surface area contributed by atoms with Gasteiger partial charge in [0.15, 0.2) is 0 Å². The topological polar surface area (TPSA) is 67.4 Å².